The van der Waals surface area contributed by atoms with Crippen molar-refractivity contribution in [1.29, 1.82) is 0 Å². The van der Waals surface area contributed by atoms with E-state index in [-0.39, 0.29) is 50.2 Å². The van der Waals surface area contributed by atoms with Crippen molar-refractivity contribution in [3.05, 3.63) is 155 Å². The lowest BCUT2D eigenvalue weighted by Gasteiger charge is -2.39. The number of nitrogens with zero attached hydrogens (tertiary/aromatic N) is 2. The lowest BCUT2D eigenvalue weighted by Crippen LogP contribution is -2.63. The molecule has 32 nitrogen and oxygen atoms in total. The van der Waals surface area contributed by atoms with Gasteiger partial charge in [-0.2, -0.15) is 25.3 Å². The number of nitrogens with one attached hydrogen (secondary N) is 12. The predicted octanol–water partition coefficient (Wildman–Crippen LogP) is -2.50. The molecule has 0 saturated carbocycles. The first-order valence-corrected chi connectivity index (χ1v) is 34.2. The number of aliphatic hydroxyl groups excluding tert-OH is 1. The summed E-state index contributed by atoms with van der Waals surface area (Å²) in [4.78, 5) is 192. The van der Waals surface area contributed by atoms with Crippen LogP contribution >= 0.6 is 25.3 Å². The van der Waals surface area contributed by atoms with Gasteiger partial charge in [0.1, 0.15) is 66.2 Å². The lowest BCUT2D eigenvalue weighted by molar-refractivity contribution is -0.148. The SMILES string of the molecule is CC(C)[C@H](NC(=O)[C@@H]1Cc2ccccc2CN1C(=O)[C@H](CC(=O)O)NC(=O)[C@H](C)NC(=O)[C@@H](N)CS)C(=O)N[C@@H](CS)C(=O)N[C@@H](Cc1ccc(O)cc1)C(=O)N[C@@H](Cc1c[nH]c2ccccc12)C(=O)N[C@@H](Cc1cnc[nH]1)C(=O)N[C@H](C(=O)N[C@@H](Cc1ccccc1)C(=O)NCC(N)=O)[C@@H](C)O. The molecule has 2 aromatic heterocycles. The van der Waals surface area contributed by atoms with E-state index < -0.39 is 174 Å². The molecule has 0 saturated heterocycles. The van der Waals surface area contributed by atoms with Gasteiger partial charge >= 0.3 is 5.97 Å². The fraction of sp³-hybridized carbons (Fsp3) is 0.391. The Kier molecular flexibility index (Phi) is 29.1. The number of aromatic nitrogens is 3. The van der Waals surface area contributed by atoms with Crippen molar-refractivity contribution in [2.24, 2.45) is 17.4 Å². The van der Waals surface area contributed by atoms with Crippen molar-refractivity contribution in [3.8, 4) is 5.75 Å². The van der Waals surface area contributed by atoms with Crippen LogP contribution in [0.3, 0.4) is 0 Å². The predicted molar refractivity (Wildman–Crippen MR) is 380 cm³/mol. The van der Waals surface area contributed by atoms with Gasteiger partial charge in [0.25, 0.3) is 0 Å². The van der Waals surface area contributed by atoms with Gasteiger partial charge in [-0.15, -0.1) is 0 Å². The van der Waals surface area contributed by atoms with Gasteiger partial charge in [-0.05, 0) is 65.8 Å². The number of thiol groups is 2. The van der Waals surface area contributed by atoms with Crippen LogP contribution in [0, 0.1) is 5.92 Å². The molecular formula is C69H86N16O16S2. The van der Waals surface area contributed by atoms with Gasteiger partial charge in [-0.25, -0.2) is 4.98 Å². The number of rotatable bonds is 36. The average molecular weight is 1460 g/mol. The van der Waals surface area contributed by atoms with E-state index in [0.29, 0.717) is 44.4 Å². The summed E-state index contributed by atoms with van der Waals surface area (Å²) in [5.74, 6) is -13.9. The molecule has 1 aliphatic heterocycles. The van der Waals surface area contributed by atoms with Crippen LogP contribution in [0.15, 0.2) is 122 Å². The number of fused-ring (bicyclic) bond motifs is 2. The van der Waals surface area contributed by atoms with Gasteiger partial charge in [-0.3, -0.25) is 62.3 Å². The number of imidazole rings is 1. The number of para-hydroxylation sites is 1. The molecule has 34 heteroatoms. The smallest absolute Gasteiger partial charge is 0.305 e. The molecule has 7 rings (SSSR count). The highest BCUT2D eigenvalue weighted by molar-refractivity contribution is 7.80. The van der Waals surface area contributed by atoms with Crippen LogP contribution in [-0.4, -0.2) is 203 Å². The van der Waals surface area contributed by atoms with Crippen molar-refractivity contribution >= 4 is 113 Å². The highest BCUT2D eigenvalue weighted by Crippen LogP contribution is 2.26. The summed E-state index contributed by atoms with van der Waals surface area (Å²) in [6.07, 6.45) is 0.618. The van der Waals surface area contributed by atoms with Crippen LogP contribution in [0.4, 0.5) is 0 Å². The summed E-state index contributed by atoms with van der Waals surface area (Å²) in [5, 5.41) is 57.4. The number of benzene rings is 4. The largest absolute Gasteiger partial charge is 0.508 e. The van der Waals surface area contributed by atoms with Crippen molar-refractivity contribution in [3.63, 3.8) is 0 Å². The Labute approximate surface area is 602 Å². The zero-order valence-corrected chi connectivity index (χ0v) is 58.5. The van der Waals surface area contributed by atoms with Gasteiger partial charge in [0.05, 0.1) is 31.4 Å². The number of hydrogen-bond donors (Lipinski definition) is 19. The number of aliphatic carboxylic acids is 1. The maximum Gasteiger partial charge on any atom is 0.305 e. The third-order valence-corrected chi connectivity index (χ3v) is 17.7. The Bertz CT molecular complexity index is 4010. The van der Waals surface area contributed by atoms with Crippen LogP contribution in [0.25, 0.3) is 10.9 Å². The Balaban J connectivity index is 1.13. The van der Waals surface area contributed by atoms with E-state index in [1.165, 1.54) is 50.6 Å². The van der Waals surface area contributed by atoms with Gasteiger partial charge in [0.2, 0.25) is 70.9 Å². The number of amides is 12. The molecule has 19 N–H and O–H groups in total. The highest BCUT2D eigenvalue weighted by atomic mass is 32.1. The minimum absolute atomic E-state index is 0.0595. The quantitative estimate of drug-likeness (QED) is 0.0181. The molecule has 550 valence electrons. The van der Waals surface area contributed by atoms with Crippen LogP contribution in [0.5, 0.6) is 5.75 Å². The standard InChI is InChI=1S/C69H86N16O16S2/c1-35(2)57(83-66(98)54-25-40-14-8-9-15-41(40)31-85(54)69(101)52(27-56(89)90)81-59(91)36(3)76-60(92)46(70)32-102)67(99)82-53(33-103)65(97)77-49(23-39-18-20-44(87)21-19-39)62(94)78-50(24-42-28-73-47-17-11-10-16-45(42)47)63(95)79-51(26-43-29-72-34-75-43)64(96)84-58(37(4)86)68(100)80-48(61(93)74-30-55(71)88)22-38-12-6-5-7-13-38/h5-21,28-29,34-37,46,48-54,57-58,73,86-87,102-103H,22-27,30-33,70H2,1-4H3,(H2,71,88)(H,72,75)(H,74,93)(H,76,92)(H,77,97)(H,78,94)(H,79,95)(H,80,100)(H,81,91)(H,82,99)(H,83,98)(H,84,96)(H,89,90)/t36-,37+,46-,48-,49-,50-,51-,52-,53-,54-,57-,58-/m0/s1. The van der Waals surface area contributed by atoms with E-state index in [0.717, 1.165) is 4.90 Å². The molecule has 4 aromatic carbocycles. The number of carbonyl (C=O) groups is 13. The van der Waals surface area contributed by atoms with Gasteiger partial charge in [0, 0.05) is 79.1 Å². The molecule has 0 aliphatic carbocycles. The fourth-order valence-corrected chi connectivity index (χ4v) is 11.7. The number of hydrogen-bond acceptors (Lipinski definition) is 19. The molecule has 1 aliphatic rings. The number of phenolic OH excluding ortho intramolecular Hbond substituents is 1. The fourth-order valence-electron chi connectivity index (χ4n) is 11.3. The van der Waals surface area contributed by atoms with E-state index in [1.54, 1.807) is 98.9 Å². The Hall–Kier alpha value is -10.8. The van der Waals surface area contributed by atoms with Crippen molar-refractivity contribution in [2.45, 2.75) is 145 Å². The van der Waals surface area contributed by atoms with Crippen molar-refractivity contribution < 1.29 is 77.6 Å². The molecular weight excluding hydrogens is 1370 g/mol. The average Bonchev–Trinajstić information content (AvgIpc) is 1.33. The second kappa shape index (κ2) is 37.7. The number of aromatic amines is 2. The molecule has 0 bridgehead atoms. The number of carboxylic acid groups (broad SMARTS) is 1. The molecule has 3 heterocycles. The summed E-state index contributed by atoms with van der Waals surface area (Å²) in [6, 6.07) is 11.5. The summed E-state index contributed by atoms with van der Waals surface area (Å²) in [6.45, 7) is 4.86. The lowest BCUT2D eigenvalue weighted by atomic mass is 9.92. The zero-order chi connectivity index (χ0) is 75.2. The second-order valence-corrected chi connectivity index (χ2v) is 25.9. The molecule has 0 radical (unpaired) electrons. The van der Waals surface area contributed by atoms with Crippen molar-refractivity contribution in [2.75, 3.05) is 18.1 Å². The number of H-pyrrole nitrogens is 2. The summed E-state index contributed by atoms with van der Waals surface area (Å²) >= 11 is 8.40. The van der Waals surface area contributed by atoms with Crippen LogP contribution in [-0.2, 0) is 101 Å². The van der Waals surface area contributed by atoms with Gasteiger partial charge in [-0.1, -0.05) is 98.8 Å². The van der Waals surface area contributed by atoms with E-state index in [4.69, 9.17) is 11.5 Å². The molecule has 6 aromatic rings. The molecule has 103 heavy (non-hydrogen) atoms. The van der Waals surface area contributed by atoms with Crippen molar-refractivity contribution in [1.82, 2.24) is 73.0 Å². The normalized spacial score (nSPS) is 15.8. The van der Waals surface area contributed by atoms with Crippen LogP contribution < -0.4 is 64.6 Å². The first-order chi connectivity index (χ1) is 49.0. The number of carbonyl (C=O) groups excluding carboxylic acids is 12. The molecule has 0 spiro atoms. The monoisotopic (exact) mass is 1460 g/mol. The molecule has 0 fully saturated rings. The molecule has 12 atom stereocenters. The zero-order valence-electron chi connectivity index (χ0n) is 56.7. The number of aliphatic hydroxyl groups is 1. The molecule has 0 unspecified atom stereocenters. The van der Waals surface area contributed by atoms with Gasteiger partial charge in [0.15, 0.2) is 0 Å². The number of carboxylic acids is 1. The Morgan fingerprint density at radius 1 is 0.573 bits per heavy atom. The van der Waals surface area contributed by atoms with E-state index >= 15 is 9.59 Å². The summed E-state index contributed by atoms with van der Waals surface area (Å²) in [5.41, 5.74) is 14.7. The number of primary amides is 1. The Morgan fingerprint density at radius 2 is 1.12 bits per heavy atom. The minimum Gasteiger partial charge on any atom is -0.508 e. The maximum absolute atomic E-state index is 15.1. The Morgan fingerprint density at radius 3 is 1.72 bits per heavy atom. The third-order valence-electron chi connectivity index (χ3n) is 16.9. The first kappa shape index (κ1) is 79.5. The maximum atomic E-state index is 15.1. The van der Waals surface area contributed by atoms with E-state index in [1.807, 2.05) is 0 Å². The van der Waals surface area contributed by atoms with Crippen LogP contribution in [0.2, 0.25) is 0 Å². The first-order valence-electron chi connectivity index (χ1n) is 32.9. The van der Waals surface area contributed by atoms with E-state index in [2.05, 4.69) is 93.4 Å². The summed E-state index contributed by atoms with van der Waals surface area (Å²) < 4.78 is 0. The number of phenols is 1. The van der Waals surface area contributed by atoms with Gasteiger partial charge < -0.3 is 94.8 Å². The highest BCUT2D eigenvalue weighted by Gasteiger charge is 2.42. The van der Waals surface area contributed by atoms with E-state index in [9.17, 15) is 68.1 Å². The van der Waals surface area contributed by atoms with Crippen LogP contribution in [0.1, 0.15) is 67.6 Å². The second-order valence-electron chi connectivity index (χ2n) is 25.2. The minimum atomic E-state index is -1.77. The number of nitrogens with two attached hydrogens (primary N) is 2. The third kappa shape index (κ3) is 22.8. The summed E-state index contributed by atoms with van der Waals surface area (Å²) in [7, 11) is 0. The number of aromatic hydroxyl groups is 1. The topological polar surface area (TPSA) is 503 Å². The molecule has 12 amide bonds.